The third-order valence-electron chi connectivity index (χ3n) is 0.794. The standard InChI is InChI=1S/C6H9NO2.ClH/c7-5-3-1-2-4-6(8)9;/h1-2,4,7H2,(H,8,9);1H. The van der Waals surface area contributed by atoms with Gasteiger partial charge in [0.1, 0.15) is 0 Å². The average Bonchev–Trinajstić information content (AvgIpc) is 1.80. The molecule has 0 saturated heterocycles. The van der Waals surface area contributed by atoms with E-state index in [1.807, 2.05) is 0 Å². The molecule has 0 amide bonds. The Morgan fingerprint density at radius 1 is 1.60 bits per heavy atom. The summed E-state index contributed by atoms with van der Waals surface area (Å²) in [6.07, 6.45) is 1.33. The zero-order valence-corrected chi connectivity index (χ0v) is 6.28. The molecule has 3 N–H and O–H groups in total. The number of carbonyl (C=O) groups is 1. The second-order valence-electron chi connectivity index (χ2n) is 1.57. The monoisotopic (exact) mass is 163 g/mol. The Bertz CT molecular complexity index is 148. The van der Waals surface area contributed by atoms with Crippen molar-refractivity contribution in [2.45, 2.75) is 19.3 Å². The van der Waals surface area contributed by atoms with Gasteiger partial charge in [0.05, 0.1) is 0 Å². The second-order valence-corrected chi connectivity index (χ2v) is 1.57. The van der Waals surface area contributed by atoms with Crippen molar-refractivity contribution in [1.82, 2.24) is 0 Å². The van der Waals surface area contributed by atoms with Gasteiger partial charge in [-0.2, -0.15) is 0 Å². The molecule has 0 aromatic heterocycles. The summed E-state index contributed by atoms with van der Waals surface area (Å²) in [7, 11) is 0. The highest BCUT2D eigenvalue weighted by atomic mass is 35.5. The first-order chi connectivity index (χ1) is 4.27. The SMILES string of the molecule is Cl.NC#CCCCC(=O)O. The number of rotatable bonds is 3. The van der Waals surface area contributed by atoms with Crippen molar-refractivity contribution < 1.29 is 9.90 Å². The smallest absolute Gasteiger partial charge is 0.303 e. The lowest BCUT2D eigenvalue weighted by molar-refractivity contribution is -0.137. The molecule has 0 aliphatic rings. The van der Waals surface area contributed by atoms with Crippen LogP contribution in [0.5, 0.6) is 0 Å². The number of carboxylic acids is 1. The van der Waals surface area contributed by atoms with E-state index in [-0.39, 0.29) is 18.8 Å². The molecule has 0 aromatic carbocycles. The summed E-state index contributed by atoms with van der Waals surface area (Å²) in [5.41, 5.74) is 4.84. The number of carboxylic acid groups (broad SMARTS) is 1. The molecule has 58 valence electrons. The van der Waals surface area contributed by atoms with Gasteiger partial charge in [0.25, 0.3) is 0 Å². The first-order valence-corrected chi connectivity index (χ1v) is 2.67. The molecule has 0 unspecified atom stereocenters. The molecule has 0 spiro atoms. The summed E-state index contributed by atoms with van der Waals surface area (Å²) in [6.45, 7) is 0. The van der Waals surface area contributed by atoms with Gasteiger partial charge < -0.3 is 10.8 Å². The van der Waals surface area contributed by atoms with E-state index in [1.165, 1.54) is 0 Å². The van der Waals surface area contributed by atoms with E-state index in [1.54, 1.807) is 0 Å². The molecule has 0 heterocycles. The first kappa shape index (κ1) is 11.9. The number of aliphatic carboxylic acids is 1. The fourth-order valence-corrected chi connectivity index (χ4v) is 0.400. The lowest BCUT2D eigenvalue weighted by Gasteiger charge is -1.86. The maximum absolute atomic E-state index is 9.88. The quantitative estimate of drug-likeness (QED) is 0.364. The number of halogens is 1. The number of hydrogen-bond acceptors (Lipinski definition) is 2. The minimum atomic E-state index is -0.783. The average molecular weight is 164 g/mol. The van der Waals surface area contributed by atoms with Gasteiger partial charge in [-0.05, 0) is 6.42 Å². The summed E-state index contributed by atoms with van der Waals surface area (Å²) in [5.74, 6) is 1.78. The van der Waals surface area contributed by atoms with Gasteiger partial charge in [-0.15, -0.1) is 12.4 Å². The molecule has 0 aliphatic carbocycles. The Kier molecular flexibility index (Phi) is 9.63. The Morgan fingerprint density at radius 2 is 2.20 bits per heavy atom. The molecule has 3 nitrogen and oxygen atoms in total. The van der Waals surface area contributed by atoms with Crippen molar-refractivity contribution >= 4 is 18.4 Å². The van der Waals surface area contributed by atoms with Gasteiger partial charge in [0.15, 0.2) is 0 Å². The molecule has 10 heavy (non-hydrogen) atoms. The van der Waals surface area contributed by atoms with E-state index >= 15 is 0 Å². The largest absolute Gasteiger partial charge is 0.481 e. The van der Waals surface area contributed by atoms with Crippen LogP contribution < -0.4 is 5.73 Å². The van der Waals surface area contributed by atoms with Gasteiger partial charge >= 0.3 is 5.97 Å². The Balaban J connectivity index is 0. The molecule has 0 aliphatic heterocycles. The van der Waals surface area contributed by atoms with E-state index < -0.39 is 5.97 Å². The summed E-state index contributed by atoms with van der Waals surface area (Å²) >= 11 is 0. The predicted molar refractivity (Wildman–Crippen MR) is 40.7 cm³/mol. The van der Waals surface area contributed by atoms with Crippen molar-refractivity contribution in [3.63, 3.8) is 0 Å². The zero-order valence-electron chi connectivity index (χ0n) is 5.46. The Hall–Kier alpha value is -0.880. The van der Waals surface area contributed by atoms with Crippen molar-refractivity contribution in [3.05, 3.63) is 0 Å². The molecule has 0 fully saturated rings. The van der Waals surface area contributed by atoms with Gasteiger partial charge in [0, 0.05) is 18.9 Å². The summed E-state index contributed by atoms with van der Waals surface area (Å²) in [6, 6.07) is 2.20. The van der Waals surface area contributed by atoms with Crippen LogP contribution in [0.3, 0.4) is 0 Å². The number of unbranched alkanes of at least 4 members (excludes halogenated alkanes) is 1. The van der Waals surface area contributed by atoms with Crippen LogP contribution in [0.4, 0.5) is 0 Å². The van der Waals surface area contributed by atoms with Crippen LogP contribution in [0.15, 0.2) is 0 Å². The molecule has 0 atom stereocenters. The Morgan fingerprint density at radius 3 is 2.60 bits per heavy atom. The fraction of sp³-hybridized carbons (Fsp3) is 0.500. The van der Waals surface area contributed by atoms with Gasteiger partial charge in [-0.25, -0.2) is 0 Å². The molecule has 0 bridgehead atoms. The molecule has 0 rings (SSSR count). The maximum atomic E-state index is 9.88. The van der Waals surface area contributed by atoms with Crippen LogP contribution in [0.25, 0.3) is 0 Å². The summed E-state index contributed by atoms with van der Waals surface area (Å²) in [4.78, 5) is 9.88. The highest BCUT2D eigenvalue weighted by Gasteiger charge is 1.92. The third-order valence-corrected chi connectivity index (χ3v) is 0.794. The molecular weight excluding hydrogens is 154 g/mol. The van der Waals surface area contributed by atoms with E-state index in [0.29, 0.717) is 12.8 Å². The number of nitrogens with two attached hydrogens (primary N) is 1. The van der Waals surface area contributed by atoms with Crippen LogP contribution in [0.2, 0.25) is 0 Å². The van der Waals surface area contributed by atoms with Crippen LogP contribution in [-0.4, -0.2) is 11.1 Å². The van der Waals surface area contributed by atoms with E-state index in [2.05, 4.69) is 12.0 Å². The van der Waals surface area contributed by atoms with Crippen LogP contribution in [0, 0.1) is 12.0 Å². The normalized spacial score (nSPS) is 6.80. The van der Waals surface area contributed by atoms with E-state index in [9.17, 15) is 4.79 Å². The highest BCUT2D eigenvalue weighted by molar-refractivity contribution is 5.85. The molecule has 0 radical (unpaired) electrons. The van der Waals surface area contributed by atoms with Crippen molar-refractivity contribution in [3.8, 4) is 12.0 Å². The van der Waals surface area contributed by atoms with Gasteiger partial charge in [0.2, 0.25) is 0 Å². The lowest BCUT2D eigenvalue weighted by atomic mass is 10.2. The fourth-order valence-electron chi connectivity index (χ4n) is 0.400. The molecule has 4 heteroatoms. The zero-order chi connectivity index (χ0) is 7.11. The number of hydrogen-bond donors (Lipinski definition) is 2. The predicted octanol–water partition coefficient (Wildman–Crippen LogP) is 0.583. The minimum Gasteiger partial charge on any atom is -0.481 e. The highest BCUT2D eigenvalue weighted by Crippen LogP contribution is 1.91. The topological polar surface area (TPSA) is 63.3 Å². The first-order valence-electron chi connectivity index (χ1n) is 2.67. The van der Waals surface area contributed by atoms with Gasteiger partial charge in [-0.1, -0.05) is 5.92 Å². The van der Waals surface area contributed by atoms with Crippen LogP contribution >= 0.6 is 12.4 Å². The van der Waals surface area contributed by atoms with Crippen LogP contribution in [0.1, 0.15) is 19.3 Å². The van der Waals surface area contributed by atoms with E-state index in [4.69, 9.17) is 10.8 Å². The second kappa shape index (κ2) is 8.12. The summed E-state index contributed by atoms with van der Waals surface area (Å²) in [5, 5.41) is 8.13. The van der Waals surface area contributed by atoms with Crippen molar-refractivity contribution in [2.24, 2.45) is 5.73 Å². The van der Waals surface area contributed by atoms with E-state index in [0.717, 1.165) is 0 Å². The van der Waals surface area contributed by atoms with Crippen molar-refractivity contribution in [1.29, 1.82) is 0 Å². The minimum absolute atomic E-state index is 0. The maximum Gasteiger partial charge on any atom is 0.303 e. The molecule has 0 saturated carbocycles. The van der Waals surface area contributed by atoms with Gasteiger partial charge in [-0.3, -0.25) is 4.79 Å². The molecular formula is C6H10ClNO2. The lowest BCUT2D eigenvalue weighted by Crippen LogP contribution is -1.92. The van der Waals surface area contributed by atoms with Crippen molar-refractivity contribution in [2.75, 3.05) is 0 Å². The van der Waals surface area contributed by atoms with Crippen LogP contribution in [-0.2, 0) is 4.79 Å². The third kappa shape index (κ3) is 10.2. The Labute approximate surface area is 66.0 Å². The summed E-state index contributed by atoms with van der Waals surface area (Å²) < 4.78 is 0. The molecule has 0 aromatic rings.